The summed E-state index contributed by atoms with van der Waals surface area (Å²) in [7, 11) is 0. The van der Waals surface area contributed by atoms with E-state index in [2.05, 4.69) is 25.4 Å². The maximum absolute atomic E-state index is 6.11. The molecule has 0 aromatic carbocycles. The van der Waals surface area contributed by atoms with Crippen LogP contribution in [0, 0.1) is 6.92 Å². The molecule has 0 amide bonds. The van der Waals surface area contributed by atoms with E-state index in [4.69, 9.17) is 11.6 Å². The van der Waals surface area contributed by atoms with Crippen molar-refractivity contribution in [3.05, 3.63) is 33.6 Å². The largest absolute Gasteiger partial charge is 0.361 e. The molecule has 0 radical (unpaired) electrons. The van der Waals surface area contributed by atoms with Gasteiger partial charge in [-0.25, -0.2) is 4.98 Å². The Hall–Kier alpha value is -1.73. The van der Waals surface area contributed by atoms with Crippen LogP contribution in [0.4, 0.5) is 5.82 Å². The number of anilines is 1. The normalized spacial score (nSPS) is 12.8. The summed E-state index contributed by atoms with van der Waals surface area (Å²) in [4.78, 5) is 12.5. The molecule has 3 rings (SSSR count). The third kappa shape index (κ3) is 2.15. The number of rotatable bonds is 3. The van der Waals surface area contributed by atoms with Crippen LogP contribution in [0.1, 0.15) is 23.5 Å². The Kier molecular flexibility index (Phi) is 3.08. The molecule has 1 N–H and O–H groups in total. The van der Waals surface area contributed by atoms with Gasteiger partial charge in [-0.1, -0.05) is 11.6 Å². The minimum atomic E-state index is 0.0598. The predicted octanol–water partition coefficient (Wildman–Crippen LogP) is 2.72. The monoisotopic (exact) mass is 294 g/mol. The quantitative estimate of drug-likeness (QED) is 0.752. The van der Waals surface area contributed by atoms with E-state index >= 15 is 0 Å². The Bertz CT molecular complexity index is 707. The van der Waals surface area contributed by atoms with Gasteiger partial charge in [-0.3, -0.25) is 0 Å². The van der Waals surface area contributed by atoms with Gasteiger partial charge in [0, 0.05) is 17.1 Å². The summed E-state index contributed by atoms with van der Waals surface area (Å²) in [6.45, 7) is 3.93. The van der Waals surface area contributed by atoms with E-state index in [0.29, 0.717) is 10.9 Å². The van der Waals surface area contributed by atoms with Crippen molar-refractivity contribution in [1.29, 1.82) is 0 Å². The minimum Gasteiger partial charge on any atom is -0.361 e. The van der Waals surface area contributed by atoms with Gasteiger partial charge in [-0.2, -0.15) is 19.6 Å². The molecule has 19 heavy (non-hydrogen) atoms. The summed E-state index contributed by atoms with van der Waals surface area (Å²) in [6.07, 6.45) is 3.24. The van der Waals surface area contributed by atoms with Crippen LogP contribution in [0.25, 0.3) is 5.78 Å². The van der Waals surface area contributed by atoms with Gasteiger partial charge in [0.1, 0.15) is 22.3 Å². The Balaban J connectivity index is 2.04. The molecule has 6 nitrogen and oxygen atoms in total. The zero-order valence-corrected chi connectivity index (χ0v) is 11.9. The minimum absolute atomic E-state index is 0.0598. The van der Waals surface area contributed by atoms with Gasteiger partial charge in [0.2, 0.25) is 0 Å². The molecule has 3 heterocycles. The first-order valence-electron chi connectivity index (χ1n) is 5.68. The zero-order chi connectivity index (χ0) is 13.4. The lowest BCUT2D eigenvalue weighted by molar-refractivity contribution is 0.826. The maximum Gasteiger partial charge on any atom is 0.255 e. The lowest BCUT2D eigenvalue weighted by atomic mass is 10.3. The Labute approximate surface area is 118 Å². The van der Waals surface area contributed by atoms with Crippen LogP contribution in [-0.2, 0) is 0 Å². The van der Waals surface area contributed by atoms with Crippen molar-refractivity contribution in [1.82, 2.24) is 24.6 Å². The highest BCUT2D eigenvalue weighted by Crippen LogP contribution is 2.26. The van der Waals surface area contributed by atoms with Gasteiger partial charge in [-0.05, 0) is 13.8 Å². The number of hydrogen-bond donors (Lipinski definition) is 1. The van der Waals surface area contributed by atoms with Crippen LogP contribution in [0.2, 0.25) is 5.15 Å². The Morgan fingerprint density at radius 3 is 3.00 bits per heavy atom. The van der Waals surface area contributed by atoms with Crippen LogP contribution in [0.5, 0.6) is 0 Å². The highest BCUT2D eigenvalue weighted by molar-refractivity contribution is 7.09. The molecule has 3 aromatic rings. The number of aromatic nitrogens is 5. The summed E-state index contributed by atoms with van der Waals surface area (Å²) < 4.78 is 1.64. The zero-order valence-electron chi connectivity index (χ0n) is 10.3. The van der Waals surface area contributed by atoms with Crippen molar-refractivity contribution in [2.75, 3.05) is 5.32 Å². The molecule has 0 fully saturated rings. The van der Waals surface area contributed by atoms with Crippen molar-refractivity contribution in [3.8, 4) is 0 Å². The topological polar surface area (TPSA) is 68.0 Å². The molecular formula is C11H11ClN6S. The second-order valence-electron chi connectivity index (χ2n) is 4.08. The van der Waals surface area contributed by atoms with Crippen molar-refractivity contribution in [3.63, 3.8) is 0 Å². The third-order valence-electron chi connectivity index (χ3n) is 2.78. The van der Waals surface area contributed by atoms with Crippen molar-refractivity contribution in [2.24, 2.45) is 0 Å². The smallest absolute Gasteiger partial charge is 0.255 e. The predicted molar refractivity (Wildman–Crippen MR) is 74.7 cm³/mol. The summed E-state index contributed by atoms with van der Waals surface area (Å²) in [5.74, 6) is 1.26. The Morgan fingerprint density at radius 2 is 2.26 bits per heavy atom. The second-order valence-corrected chi connectivity index (χ2v) is 5.37. The fourth-order valence-electron chi connectivity index (χ4n) is 1.78. The van der Waals surface area contributed by atoms with E-state index in [1.807, 2.05) is 19.2 Å². The van der Waals surface area contributed by atoms with Crippen molar-refractivity contribution < 1.29 is 0 Å². The molecule has 1 unspecified atom stereocenters. The molecule has 0 saturated heterocycles. The van der Waals surface area contributed by atoms with E-state index in [1.54, 1.807) is 22.0 Å². The molecule has 0 spiro atoms. The van der Waals surface area contributed by atoms with E-state index in [-0.39, 0.29) is 6.04 Å². The highest BCUT2D eigenvalue weighted by Gasteiger charge is 2.16. The fourth-order valence-corrected chi connectivity index (χ4v) is 2.59. The SMILES string of the molecule is Cc1c(Cl)nc2ncnn2c1NC(C)c1nccs1. The molecule has 0 aliphatic carbocycles. The first-order chi connectivity index (χ1) is 9.16. The number of hydrogen-bond acceptors (Lipinski definition) is 6. The molecule has 0 aliphatic heterocycles. The van der Waals surface area contributed by atoms with Crippen LogP contribution in [0.3, 0.4) is 0 Å². The van der Waals surface area contributed by atoms with Crippen molar-refractivity contribution >= 4 is 34.5 Å². The van der Waals surface area contributed by atoms with E-state index in [0.717, 1.165) is 16.4 Å². The number of nitrogens with one attached hydrogen (secondary N) is 1. The first-order valence-corrected chi connectivity index (χ1v) is 6.94. The fraction of sp³-hybridized carbons (Fsp3) is 0.273. The summed E-state index contributed by atoms with van der Waals surface area (Å²) in [6, 6.07) is 0.0598. The van der Waals surface area contributed by atoms with Gasteiger partial charge >= 0.3 is 0 Å². The summed E-state index contributed by atoms with van der Waals surface area (Å²) in [5, 5.41) is 10.9. The summed E-state index contributed by atoms with van der Waals surface area (Å²) in [5.41, 5.74) is 0.836. The van der Waals surface area contributed by atoms with Gasteiger partial charge in [0.15, 0.2) is 0 Å². The number of fused-ring (bicyclic) bond motifs is 1. The molecule has 3 aromatic heterocycles. The van der Waals surface area contributed by atoms with Crippen LogP contribution in [-0.4, -0.2) is 24.6 Å². The molecule has 0 saturated carbocycles. The maximum atomic E-state index is 6.11. The number of nitrogens with zero attached hydrogens (tertiary/aromatic N) is 5. The summed E-state index contributed by atoms with van der Waals surface area (Å²) >= 11 is 7.71. The van der Waals surface area contributed by atoms with E-state index in [1.165, 1.54) is 6.33 Å². The van der Waals surface area contributed by atoms with Gasteiger partial charge in [0.25, 0.3) is 5.78 Å². The van der Waals surface area contributed by atoms with Crippen LogP contribution in [0.15, 0.2) is 17.9 Å². The van der Waals surface area contributed by atoms with Crippen LogP contribution < -0.4 is 5.32 Å². The molecular weight excluding hydrogens is 284 g/mol. The number of halogens is 1. The second kappa shape index (κ2) is 4.75. The van der Waals surface area contributed by atoms with Crippen molar-refractivity contribution in [2.45, 2.75) is 19.9 Å². The average molecular weight is 295 g/mol. The third-order valence-corrected chi connectivity index (χ3v) is 4.11. The molecule has 1 atom stereocenters. The average Bonchev–Trinajstić information content (AvgIpc) is 3.04. The first kappa shape index (κ1) is 12.3. The molecule has 0 bridgehead atoms. The van der Waals surface area contributed by atoms with E-state index in [9.17, 15) is 0 Å². The highest BCUT2D eigenvalue weighted by atomic mass is 35.5. The molecule has 8 heteroatoms. The Morgan fingerprint density at radius 1 is 1.42 bits per heavy atom. The van der Waals surface area contributed by atoms with Gasteiger partial charge in [-0.15, -0.1) is 11.3 Å². The van der Waals surface area contributed by atoms with E-state index < -0.39 is 0 Å². The standard InChI is InChI=1S/C11H11ClN6S/c1-6-8(12)17-11-14-5-15-18(11)9(6)16-7(2)10-13-3-4-19-10/h3-5,7,16H,1-2H3. The lowest BCUT2D eigenvalue weighted by Gasteiger charge is -2.16. The number of thiazole rings is 1. The molecule has 98 valence electrons. The van der Waals surface area contributed by atoms with Crippen LogP contribution >= 0.6 is 22.9 Å². The lowest BCUT2D eigenvalue weighted by Crippen LogP contribution is -2.12. The molecule has 0 aliphatic rings. The van der Waals surface area contributed by atoms with Gasteiger partial charge in [0.05, 0.1) is 6.04 Å². The van der Waals surface area contributed by atoms with Gasteiger partial charge < -0.3 is 5.32 Å².